The maximum atomic E-state index is 11.5. The van der Waals surface area contributed by atoms with Crippen molar-refractivity contribution in [2.24, 2.45) is 0 Å². The Labute approximate surface area is 103 Å². The summed E-state index contributed by atoms with van der Waals surface area (Å²) in [5, 5.41) is 6.22. The molecule has 0 saturated carbocycles. The zero-order valence-corrected chi connectivity index (χ0v) is 10.5. The topological polar surface area (TPSA) is 41.1 Å². The first-order valence-corrected chi connectivity index (χ1v) is 6.27. The van der Waals surface area contributed by atoms with Crippen LogP contribution in [0.15, 0.2) is 24.3 Å². The molecule has 92 valence electrons. The molecular weight excluding hydrogens is 212 g/mol. The summed E-state index contributed by atoms with van der Waals surface area (Å²) < 4.78 is 0. The lowest BCUT2D eigenvalue weighted by atomic mass is 10.1. The molecule has 1 aliphatic carbocycles. The van der Waals surface area contributed by atoms with Gasteiger partial charge in [-0.3, -0.25) is 4.79 Å². The Hall–Kier alpha value is -1.35. The van der Waals surface area contributed by atoms with Gasteiger partial charge in [-0.25, -0.2) is 0 Å². The van der Waals surface area contributed by atoms with Gasteiger partial charge >= 0.3 is 0 Å². The molecule has 0 aliphatic heterocycles. The van der Waals surface area contributed by atoms with Crippen molar-refractivity contribution in [2.45, 2.75) is 38.8 Å². The van der Waals surface area contributed by atoms with E-state index in [-0.39, 0.29) is 11.9 Å². The highest BCUT2D eigenvalue weighted by Gasteiger charge is 2.21. The SMILES string of the molecule is CC(C)NC(=O)CNC1CCc2ccccc21. The van der Waals surface area contributed by atoms with E-state index in [1.807, 2.05) is 13.8 Å². The molecule has 17 heavy (non-hydrogen) atoms. The van der Waals surface area contributed by atoms with Gasteiger partial charge < -0.3 is 10.6 Å². The summed E-state index contributed by atoms with van der Waals surface area (Å²) >= 11 is 0. The number of hydrogen-bond donors (Lipinski definition) is 2. The molecule has 0 heterocycles. The van der Waals surface area contributed by atoms with Crippen molar-refractivity contribution in [3.63, 3.8) is 0 Å². The van der Waals surface area contributed by atoms with Gasteiger partial charge in [0.25, 0.3) is 0 Å². The third-order valence-electron chi connectivity index (χ3n) is 3.09. The van der Waals surface area contributed by atoms with Crippen LogP contribution in [0.4, 0.5) is 0 Å². The largest absolute Gasteiger partial charge is 0.353 e. The first-order valence-electron chi connectivity index (χ1n) is 6.27. The summed E-state index contributed by atoms with van der Waals surface area (Å²) in [5.41, 5.74) is 2.76. The molecule has 1 atom stereocenters. The van der Waals surface area contributed by atoms with Crippen molar-refractivity contribution in [3.8, 4) is 0 Å². The average Bonchev–Trinajstić information content (AvgIpc) is 2.69. The average molecular weight is 232 g/mol. The number of nitrogens with one attached hydrogen (secondary N) is 2. The van der Waals surface area contributed by atoms with Gasteiger partial charge in [0.05, 0.1) is 6.54 Å². The van der Waals surface area contributed by atoms with Crippen LogP contribution in [0.5, 0.6) is 0 Å². The number of carbonyl (C=O) groups is 1. The Balaban J connectivity index is 1.88. The number of aryl methyl sites for hydroxylation is 1. The van der Waals surface area contributed by atoms with Crippen LogP contribution >= 0.6 is 0 Å². The van der Waals surface area contributed by atoms with E-state index < -0.39 is 0 Å². The molecular formula is C14H20N2O. The molecule has 3 heteroatoms. The van der Waals surface area contributed by atoms with Gasteiger partial charge in [-0.2, -0.15) is 0 Å². The first kappa shape index (κ1) is 12.1. The zero-order valence-electron chi connectivity index (χ0n) is 10.5. The molecule has 1 aliphatic rings. The number of fused-ring (bicyclic) bond motifs is 1. The van der Waals surface area contributed by atoms with Gasteiger partial charge in [0.2, 0.25) is 5.91 Å². The molecule has 0 bridgehead atoms. The van der Waals surface area contributed by atoms with Crippen molar-refractivity contribution >= 4 is 5.91 Å². The van der Waals surface area contributed by atoms with Crippen LogP contribution < -0.4 is 10.6 Å². The van der Waals surface area contributed by atoms with Gasteiger partial charge in [-0.1, -0.05) is 24.3 Å². The Morgan fingerprint density at radius 3 is 2.94 bits per heavy atom. The highest BCUT2D eigenvalue weighted by atomic mass is 16.1. The van der Waals surface area contributed by atoms with Gasteiger partial charge in [-0.05, 0) is 37.8 Å². The van der Waals surface area contributed by atoms with Crippen LogP contribution in [0.25, 0.3) is 0 Å². The molecule has 0 radical (unpaired) electrons. The van der Waals surface area contributed by atoms with Gasteiger partial charge in [-0.15, -0.1) is 0 Å². The van der Waals surface area contributed by atoms with Gasteiger partial charge in [0.15, 0.2) is 0 Å². The van der Waals surface area contributed by atoms with Crippen LogP contribution in [0.1, 0.15) is 37.4 Å². The minimum absolute atomic E-state index is 0.0735. The molecule has 3 nitrogen and oxygen atoms in total. The van der Waals surface area contributed by atoms with E-state index in [9.17, 15) is 4.79 Å². The normalized spacial score (nSPS) is 18.2. The first-order chi connectivity index (χ1) is 8.16. The summed E-state index contributed by atoms with van der Waals surface area (Å²) in [4.78, 5) is 11.5. The fraction of sp³-hybridized carbons (Fsp3) is 0.500. The lowest BCUT2D eigenvalue weighted by Crippen LogP contribution is -2.38. The molecule has 0 saturated heterocycles. The third-order valence-corrected chi connectivity index (χ3v) is 3.09. The second-order valence-electron chi connectivity index (χ2n) is 4.89. The van der Waals surface area contributed by atoms with Crippen molar-refractivity contribution in [1.82, 2.24) is 10.6 Å². The molecule has 2 rings (SSSR count). The zero-order chi connectivity index (χ0) is 12.3. The fourth-order valence-corrected chi connectivity index (χ4v) is 2.36. The van der Waals surface area contributed by atoms with Crippen LogP contribution in [0.3, 0.4) is 0 Å². The van der Waals surface area contributed by atoms with Crippen LogP contribution in [0, 0.1) is 0 Å². The van der Waals surface area contributed by atoms with Crippen LogP contribution in [-0.2, 0) is 11.2 Å². The minimum atomic E-state index is 0.0735. The van der Waals surface area contributed by atoms with Crippen molar-refractivity contribution < 1.29 is 4.79 Å². The molecule has 1 aromatic rings. The van der Waals surface area contributed by atoms with E-state index in [4.69, 9.17) is 0 Å². The van der Waals surface area contributed by atoms with E-state index in [1.54, 1.807) is 0 Å². The highest BCUT2D eigenvalue weighted by molar-refractivity contribution is 5.78. The molecule has 2 N–H and O–H groups in total. The lowest BCUT2D eigenvalue weighted by Gasteiger charge is -2.15. The second-order valence-corrected chi connectivity index (χ2v) is 4.89. The van der Waals surface area contributed by atoms with Gasteiger partial charge in [0.1, 0.15) is 0 Å². The summed E-state index contributed by atoms with van der Waals surface area (Å²) in [5.74, 6) is 0.0735. The second kappa shape index (κ2) is 5.32. The molecule has 0 aromatic heterocycles. The van der Waals surface area contributed by atoms with Crippen molar-refractivity contribution in [1.29, 1.82) is 0 Å². The van der Waals surface area contributed by atoms with E-state index in [0.717, 1.165) is 12.8 Å². The monoisotopic (exact) mass is 232 g/mol. The summed E-state index contributed by atoms with van der Waals surface area (Å²) in [6, 6.07) is 9.01. The number of rotatable bonds is 4. The smallest absolute Gasteiger partial charge is 0.234 e. The van der Waals surface area contributed by atoms with Crippen molar-refractivity contribution in [3.05, 3.63) is 35.4 Å². The predicted octanol–water partition coefficient (Wildman–Crippen LogP) is 1.79. The number of carbonyl (C=O) groups excluding carboxylic acids is 1. The number of benzene rings is 1. The van der Waals surface area contributed by atoms with E-state index >= 15 is 0 Å². The third kappa shape index (κ3) is 3.07. The molecule has 1 amide bonds. The van der Waals surface area contributed by atoms with Crippen molar-refractivity contribution in [2.75, 3.05) is 6.54 Å². The minimum Gasteiger partial charge on any atom is -0.353 e. The molecule has 0 fully saturated rings. The lowest BCUT2D eigenvalue weighted by molar-refractivity contribution is -0.120. The maximum absolute atomic E-state index is 11.5. The number of hydrogen-bond acceptors (Lipinski definition) is 2. The summed E-state index contributed by atoms with van der Waals surface area (Å²) in [6.45, 7) is 4.35. The Kier molecular flexibility index (Phi) is 3.79. The number of amides is 1. The molecule has 0 spiro atoms. The van der Waals surface area contributed by atoms with Crippen LogP contribution in [-0.4, -0.2) is 18.5 Å². The van der Waals surface area contributed by atoms with E-state index in [2.05, 4.69) is 34.9 Å². The van der Waals surface area contributed by atoms with E-state index in [1.165, 1.54) is 11.1 Å². The Morgan fingerprint density at radius 2 is 2.18 bits per heavy atom. The highest BCUT2D eigenvalue weighted by Crippen LogP contribution is 2.30. The Morgan fingerprint density at radius 1 is 1.41 bits per heavy atom. The summed E-state index contributed by atoms with van der Waals surface area (Å²) in [7, 11) is 0. The molecule has 1 aromatic carbocycles. The van der Waals surface area contributed by atoms with Gasteiger partial charge in [0, 0.05) is 12.1 Å². The fourth-order valence-electron chi connectivity index (χ4n) is 2.36. The summed E-state index contributed by atoms with van der Waals surface area (Å²) in [6.07, 6.45) is 2.20. The van der Waals surface area contributed by atoms with E-state index in [0.29, 0.717) is 12.6 Å². The molecule has 1 unspecified atom stereocenters. The Bertz CT molecular complexity index is 401. The standard InChI is InChI=1S/C14H20N2O/c1-10(2)16-14(17)9-15-13-8-7-11-5-3-4-6-12(11)13/h3-6,10,13,15H,7-9H2,1-2H3,(H,16,17). The maximum Gasteiger partial charge on any atom is 0.234 e. The predicted molar refractivity (Wildman–Crippen MR) is 68.8 cm³/mol. The van der Waals surface area contributed by atoms with Crippen LogP contribution in [0.2, 0.25) is 0 Å². The quantitative estimate of drug-likeness (QED) is 0.831.